The van der Waals surface area contributed by atoms with Crippen molar-refractivity contribution in [3.63, 3.8) is 0 Å². The van der Waals surface area contributed by atoms with Crippen molar-refractivity contribution in [2.24, 2.45) is 0 Å². The van der Waals surface area contributed by atoms with E-state index in [2.05, 4.69) is 70.6 Å². The second-order valence-corrected chi connectivity index (χ2v) is 11.9. The minimum atomic E-state index is 0.514. The molecule has 48 heavy (non-hydrogen) atoms. The van der Waals surface area contributed by atoms with Gasteiger partial charge in [-0.1, -0.05) is 84.9 Å². The monoisotopic (exact) mass is 616 g/mol. The lowest BCUT2D eigenvalue weighted by Crippen LogP contribution is -1.90. The Balaban J connectivity index is 1.09. The van der Waals surface area contributed by atoms with Crippen LogP contribution in [0.3, 0.4) is 0 Å². The molecule has 0 aliphatic carbocycles. The maximum Gasteiger partial charge on any atom is 0.246 e. The van der Waals surface area contributed by atoms with Gasteiger partial charge in [0, 0.05) is 11.1 Å². The molecule has 0 saturated heterocycles. The molecule has 6 nitrogen and oxygen atoms in total. The number of pyridine rings is 2. The van der Waals surface area contributed by atoms with Crippen molar-refractivity contribution in [2.75, 3.05) is 0 Å². The van der Waals surface area contributed by atoms with Gasteiger partial charge in [0.15, 0.2) is 11.2 Å². The summed E-state index contributed by atoms with van der Waals surface area (Å²) in [4.78, 5) is 19.3. The van der Waals surface area contributed by atoms with Gasteiger partial charge in [0.1, 0.15) is 22.4 Å². The number of hydrogen-bond donors (Lipinski definition) is 0. The molecular formula is C42H24N4O2. The van der Waals surface area contributed by atoms with E-state index in [-0.39, 0.29) is 0 Å². The molecule has 6 heteroatoms. The lowest BCUT2D eigenvalue weighted by atomic mass is 9.91. The fraction of sp³-hybridized carbons (Fsp3) is 0. The Hall–Kier alpha value is -6.66. The van der Waals surface area contributed by atoms with E-state index >= 15 is 0 Å². The van der Waals surface area contributed by atoms with Crippen LogP contribution < -0.4 is 0 Å². The van der Waals surface area contributed by atoms with Crippen LogP contribution in [0.15, 0.2) is 154 Å². The lowest BCUT2D eigenvalue weighted by molar-refractivity contribution is 0.616. The highest BCUT2D eigenvalue weighted by atomic mass is 16.4. The number of nitrogens with zero attached hydrogens (tertiary/aromatic N) is 4. The molecule has 10 aromatic rings. The molecule has 10 rings (SSSR count). The molecule has 4 heterocycles. The molecule has 0 radical (unpaired) electrons. The Bertz CT molecular complexity index is 2590. The first kappa shape index (κ1) is 26.5. The third-order valence-electron chi connectivity index (χ3n) is 8.95. The zero-order chi connectivity index (χ0) is 31.6. The highest BCUT2D eigenvalue weighted by Gasteiger charge is 2.15. The molecule has 224 valence electrons. The van der Waals surface area contributed by atoms with Gasteiger partial charge in [-0.3, -0.25) is 0 Å². The summed E-state index contributed by atoms with van der Waals surface area (Å²) in [5.41, 5.74) is 8.32. The van der Waals surface area contributed by atoms with Gasteiger partial charge < -0.3 is 8.83 Å². The van der Waals surface area contributed by atoms with E-state index in [1.807, 2.05) is 84.9 Å². The molecule has 0 fully saturated rings. The van der Waals surface area contributed by atoms with Crippen LogP contribution in [0.5, 0.6) is 0 Å². The Kier molecular flexibility index (Phi) is 5.77. The Labute approximate surface area is 274 Å². The first-order valence-corrected chi connectivity index (χ1v) is 15.8. The first-order chi connectivity index (χ1) is 23.7. The molecule has 0 N–H and O–H groups in total. The zero-order valence-electron chi connectivity index (χ0n) is 25.5. The smallest absolute Gasteiger partial charge is 0.246 e. The fourth-order valence-corrected chi connectivity index (χ4v) is 6.67. The molecular weight excluding hydrogens is 592 g/mol. The largest absolute Gasteiger partial charge is 0.435 e. The molecule has 0 amide bonds. The van der Waals surface area contributed by atoms with Gasteiger partial charge in [0.25, 0.3) is 0 Å². The van der Waals surface area contributed by atoms with Crippen LogP contribution in [0.25, 0.3) is 100 Å². The topological polar surface area (TPSA) is 77.8 Å². The highest BCUT2D eigenvalue weighted by Crippen LogP contribution is 2.39. The van der Waals surface area contributed by atoms with Crippen LogP contribution in [0, 0.1) is 0 Å². The number of oxazole rings is 2. The number of hydrogen-bond acceptors (Lipinski definition) is 6. The number of para-hydroxylation sites is 4. The molecule has 0 spiro atoms. The van der Waals surface area contributed by atoms with Crippen molar-refractivity contribution >= 4 is 54.5 Å². The third kappa shape index (κ3) is 4.27. The van der Waals surface area contributed by atoms with Crippen molar-refractivity contribution in [3.05, 3.63) is 146 Å². The maximum atomic E-state index is 6.02. The van der Waals surface area contributed by atoms with Crippen LogP contribution in [-0.4, -0.2) is 19.9 Å². The molecule has 0 unspecified atom stereocenters. The summed E-state index contributed by atoms with van der Waals surface area (Å²) in [5.74, 6) is 1.03. The summed E-state index contributed by atoms with van der Waals surface area (Å²) in [6.45, 7) is 0. The standard InChI is InChI=1S/C42H24N4O2/c1-2-10-28-27(9-1)31-23-25(33-13-7-15-37(43-33)41-45-35-11-3-5-17-39(35)47-41)19-21-29(31)30-22-20-26(24-32(28)30)34-14-8-16-38(44-34)42-46-36-12-4-6-18-40(36)48-42/h1-24H. The van der Waals surface area contributed by atoms with E-state index in [4.69, 9.17) is 18.8 Å². The second kappa shape index (κ2) is 10.4. The van der Waals surface area contributed by atoms with Crippen LogP contribution in [0.2, 0.25) is 0 Å². The summed E-state index contributed by atoms with van der Waals surface area (Å²) in [7, 11) is 0. The molecule has 0 aliphatic heterocycles. The minimum absolute atomic E-state index is 0.514. The van der Waals surface area contributed by atoms with Crippen LogP contribution >= 0.6 is 0 Å². The molecule has 0 bridgehead atoms. The average molecular weight is 617 g/mol. The first-order valence-electron chi connectivity index (χ1n) is 15.8. The summed E-state index contributed by atoms with van der Waals surface area (Å²) in [6, 6.07) is 49.3. The SMILES string of the molecule is c1cc(-c2ccc3c4ccc(-c5cccc(-c6nc7ccccc7o6)n5)cc4c4ccccc4c3c2)nc(-c2nc3ccccc3o2)c1. The normalized spacial score (nSPS) is 11.8. The third-order valence-corrected chi connectivity index (χ3v) is 8.95. The van der Waals surface area contributed by atoms with Gasteiger partial charge in [0.2, 0.25) is 11.8 Å². The fourth-order valence-electron chi connectivity index (χ4n) is 6.67. The van der Waals surface area contributed by atoms with Crippen molar-refractivity contribution in [1.82, 2.24) is 19.9 Å². The average Bonchev–Trinajstić information content (AvgIpc) is 3.80. The van der Waals surface area contributed by atoms with Crippen LogP contribution in [0.4, 0.5) is 0 Å². The minimum Gasteiger partial charge on any atom is -0.435 e. The predicted octanol–water partition coefficient (Wildman–Crippen LogP) is 10.9. The number of benzene rings is 6. The lowest BCUT2D eigenvalue weighted by Gasteiger charge is -2.13. The van der Waals surface area contributed by atoms with E-state index in [1.54, 1.807) is 0 Å². The maximum absolute atomic E-state index is 6.02. The zero-order valence-corrected chi connectivity index (χ0v) is 25.5. The van der Waals surface area contributed by atoms with Gasteiger partial charge >= 0.3 is 0 Å². The van der Waals surface area contributed by atoms with Crippen LogP contribution in [-0.2, 0) is 0 Å². The Morgan fingerprint density at radius 3 is 1.21 bits per heavy atom. The predicted molar refractivity (Wildman–Crippen MR) is 191 cm³/mol. The molecule has 0 atom stereocenters. The molecule has 0 aliphatic rings. The van der Waals surface area contributed by atoms with E-state index < -0.39 is 0 Å². The van der Waals surface area contributed by atoms with E-state index in [9.17, 15) is 0 Å². The van der Waals surface area contributed by atoms with Gasteiger partial charge in [0.05, 0.1) is 11.4 Å². The molecule has 4 aromatic heterocycles. The van der Waals surface area contributed by atoms with E-state index in [0.717, 1.165) is 44.7 Å². The van der Waals surface area contributed by atoms with Gasteiger partial charge in [-0.05, 0) is 93.0 Å². The van der Waals surface area contributed by atoms with Crippen molar-refractivity contribution in [3.8, 4) is 45.7 Å². The van der Waals surface area contributed by atoms with Crippen molar-refractivity contribution < 1.29 is 8.83 Å². The van der Waals surface area contributed by atoms with Gasteiger partial charge in [-0.15, -0.1) is 0 Å². The van der Waals surface area contributed by atoms with Crippen molar-refractivity contribution in [1.29, 1.82) is 0 Å². The summed E-state index contributed by atoms with van der Waals surface area (Å²) in [6.07, 6.45) is 0. The summed E-state index contributed by atoms with van der Waals surface area (Å²) < 4.78 is 12.0. The highest BCUT2D eigenvalue weighted by molar-refractivity contribution is 6.26. The summed E-state index contributed by atoms with van der Waals surface area (Å²) in [5, 5.41) is 7.08. The Morgan fingerprint density at radius 2 is 0.729 bits per heavy atom. The Morgan fingerprint density at radius 1 is 0.312 bits per heavy atom. The van der Waals surface area contributed by atoms with Crippen molar-refractivity contribution in [2.45, 2.75) is 0 Å². The van der Waals surface area contributed by atoms with Gasteiger partial charge in [-0.25, -0.2) is 19.9 Å². The quantitative estimate of drug-likeness (QED) is 0.183. The number of aromatic nitrogens is 4. The van der Waals surface area contributed by atoms with E-state index in [1.165, 1.54) is 32.3 Å². The summed E-state index contributed by atoms with van der Waals surface area (Å²) >= 11 is 0. The number of rotatable bonds is 4. The molecule has 0 saturated carbocycles. The van der Waals surface area contributed by atoms with Crippen LogP contribution in [0.1, 0.15) is 0 Å². The van der Waals surface area contributed by atoms with Gasteiger partial charge in [-0.2, -0.15) is 0 Å². The van der Waals surface area contributed by atoms with E-state index in [0.29, 0.717) is 23.2 Å². The number of fused-ring (bicyclic) bond motifs is 8. The second-order valence-electron chi connectivity index (χ2n) is 11.9. The molecule has 6 aromatic carbocycles.